The maximum absolute atomic E-state index is 11.7. The van der Waals surface area contributed by atoms with E-state index in [9.17, 15) is 4.79 Å². The molecule has 3 aromatic rings. The number of anilines is 3. The molecule has 0 radical (unpaired) electrons. The zero-order valence-electron chi connectivity index (χ0n) is 15.6. The summed E-state index contributed by atoms with van der Waals surface area (Å²) in [5.41, 5.74) is 1.79. The van der Waals surface area contributed by atoms with E-state index in [0.717, 1.165) is 5.82 Å². The van der Waals surface area contributed by atoms with E-state index in [1.807, 2.05) is 31.2 Å². The monoisotopic (exact) mass is 364 g/mol. The van der Waals surface area contributed by atoms with Crippen LogP contribution in [0.25, 0.3) is 10.8 Å². The number of hydrogen-bond donors (Lipinski definition) is 3. The van der Waals surface area contributed by atoms with Gasteiger partial charge in [0.1, 0.15) is 5.82 Å². The van der Waals surface area contributed by atoms with Crippen LogP contribution in [0, 0.1) is 0 Å². The molecule has 3 rings (SSSR count). The Morgan fingerprint density at radius 2 is 1.81 bits per heavy atom. The Hall–Kier alpha value is -3.28. The number of benzene rings is 2. The van der Waals surface area contributed by atoms with E-state index in [2.05, 4.69) is 51.3 Å². The van der Waals surface area contributed by atoms with Crippen molar-refractivity contribution in [2.45, 2.75) is 20.4 Å². The fraction of sp³-hybridized carbons (Fsp3) is 0.238. The van der Waals surface area contributed by atoms with Gasteiger partial charge in [-0.25, -0.2) is 9.78 Å². The summed E-state index contributed by atoms with van der Waals surface area (Å²) in [5, 5.41) is 11.7. The summed E-state index contributed by atoms with van der Waals surface area (Å²) >= 11 is 0. The normalized spacial score (nSPS) is 10.4. The highest BCUT2D eigenvalue weighted by Gasteiger charge is 2.10. The molecular formula is C21H24N4O2. The first-order valence-electron chi connectivity index (χ1n) is 9.10. The van der Waals surface area contributed by atoms with Crippen LogP contribution in [0.5, 0.6) is 0 Å². The summed E-state index contributed by atoms with van der Waals surface area (Å²) in [5.74, 6) is 1.33. The number of hydrogen-bond acceptors (Lipinski definition) is 5. The van der Waals surface area contributed by atoms with Crippen molar-refractivity contribution >= 4 is 34.2 Å². The standard InChI is InChI=1S/C21H24N4O2/c1-3-22-20-18(24-21(26)27-4-2)12-13-19(25-20)23-14-16-10-7-9-15-8-5-6-11-17(15)16/h5-13H,3-4,14H2,1-2H3,(H,24,26)(H2,22,23,25). The highest BCUT2D eigenvalue weighted by atomic mass is 16.5. The van der Waals surface area contributed by atoms with E-state index in [1.54, 1.807) is 6.92 Å². The molecule has 1 aromatic heterocycles. The molecule has 0 aliphatic carbocycles. The van der Waals surface area contributed by atoms with Crippen LogP contribution < -0.4 is 16.0 Å². The van der Waals surface area contributed by atoms with Crippen molar-refractivity contribution in [3.05, 3.63) is 60.2 Å². The van der Waals surface area contributed by atoms with Gasteiger partial charge < -0.3 is 15.4 Å². The topological polar surface area (TPSA) is 75.3 Å². The Morgan fingerprint density at radius 1 is 1.00 bits per heavy atom. The smallest absolute Gasteiger partial charge is 0.411 e. The van der Waals surface area contributed by atoms with Gasteiger partial charge in [0.15, 0.2) is 5.82 Å². The molecule has 0 saturated carbocycles. The van der Waals surface area contributed by atoms with E-state index in [1.165, 1.54) is 16.3 Å². The van der Waals surface area contributed by atoms with Gasteiger partial charge in [-0.1, -0.05) is 42.5 Å². The lowest BCUT2D eigenvalue weighted by Crippen LogP contribution is -2.16. The van der Waals surface area contributed by atoms with Crippen molar-refractivity contribution in [3.8, 4) is 0 Å². The molecule has 1 heterocycles. The Bertz CT molecular complexity index is 922. The number of ether oxygens (including phenoxy) is 1. The van der Waals surface area contributed by atoms with Crippen molar-refractivity contribution in [3.63, 3.8) is 0 Å². The van der Waals surface area contributed by atoms with Gasteiger partial charge in [0.2, 0.25) is 0 Å². The maximum Gasteiger partial charge on any atom is 0.411 e. The number of carbonyl (C=O) groups is 1. The van der Waals surface area contributed by atoms with E-state index < -0.39 is 6.09 Å². The molecule has 0 unspecified atom stereocenters. The summed E-state index contributed by atoms with van der Waals surface area (Å²) < 4.78 is 4.93. The number of amides is 1. The fourth-order valence-corrected chi connectivity index (χ4v) is 2.87. The SMILES string of the molecule is CCNc1nc(NCc2cccc3ccccc23)ccc1NC(=O)OCC. The molecule has 0 spiro atoms. The van der Waals surface area contributed by atoms with Gasteiger partial charge in [-0.15, -0.1) is 0 Å². The lowest BCUT2D eigenvalue weighted by Gasteiger charge is -2.14. The molecule has 6 nitrogen and oxygen atoms in total. The van der Waals surface area contributed by atoms with Crippen molar-refractivity contribution in [2.75, 3.05) is 29.1 Å². The largest absolute Gasteiger partial charge is 0.450 e. The van der Waals surface area contributed by atoms with Gasteiger partial charge in [0, 0.05) is 13.1 Å². The number of nitrogens with one attached hydrogen (secondary N) is 3. The summed E-state index contributed by atoms with van der Waals surface area (Å²) in [7, 11) is 0. The predicted octanol–water partition coefficient (Wildman–Crippen LogP) is 4.85. The van der Waals surface area contributed by atoms with Crippen molar-refractivity contribution < 1.29 is 9.53 Å². The predicted molar refractivity (Wildman–Crippen MR) is 110 cm³/mol. The van der Waals surface area contributed by atoms with Crippen molar-refractivity contribution in [2.24, 2.45) is 0 Å². The van der Waals surface area contributed by atoms with Gasteiger partial charge in [-0.3, -0.25) is 5.32 Å². The zero-order chi connectivity index (χ0) is 19.1. The minimum atomic E-state index is -0.491. The summed E-state index contributed by atoms with van der Waals surface area (Å²) in [6, 6.07) is 18.2. The summed E-state index contributed by atoms with van der Waals surface area (Å²) in [6.07, 6.45) is -0.491. The van der Waals surface area contributed by atoms with Crippen LogP contribution in [-0.4, -0.2) is 24.2 Å². The number of pyridine rings is 1. The third-order valence-corrected chi connectivity index (χ3v) is 4.09. The number of rotatable bonds is 7. The number of carbonyl (C=O) groups excluding carboxylic acids is 1. The molecule has 27 heavy (non-hydrogen) atoms. The average Bonchev–Trinajstić information content (AvgIpc) is 2.68. The van der Waals surface area contributed by atoms with Crippen molar-refractivity contribution in [1.29, 1.82) is 0 Å². The molecule has 0 fully saturated rings. The number of aromatic nitrogens is 1. The first-order chi connectivity index (χ1) is 13.2. The van der Waals surface area contributed by atoms with Crippen LogP contribution in [0.15, 0.2) is 54.6 Å². The quantitative estimate of drug-likeness (QED) is 0.559. The fourth-order valence-electron chi connectivity index (χ4n) is 2.87. The average molecular weight is 364 g/mol. The second-order valence-corrected chi connectivity index (χ2v) is 5.96. The Morgan fingerprint density at radius 3 is 2.63 bits per heavy atom. The Kier molecular flexibility index (Phi) is 6.10. The van der Waals surface area contributed by atoms with Gasteiger partial charge in [-0.2, -0.15) is 0 Å². The van der Waals surface area contributed by atoms with E-state index in [0.29, 0.717) is 31.2 Å². The van der Waals surface area contributed by atoms with E-state index in [4.69, 9.17) is 4.74 Å². The summed E-state index contributed by atoms with van der Waals surface area (Å²) in [4.78, 5) is 16.3. The third kappa shape index (κ3) is 4.67. The van der Waals surface area contributed by atoms with Crippen LogP contribution in [-0.2, 0) is 11.3 Å². The molecule has 0 atom stereocenters. The first kappa shape index (κ1) is 18.5. The van der Waals surface area contributed by atoms with Crippen LogP contribution in [0.1, 0.15) is 19.4 Å². The molecule has 1 amide bonds. The van der Waals surface area contributed by atoms with Crippen LogP contribution in [0.4, 0.5) is 22.1 Å². The number of fused-ring (bicyclic) bond motifs is 1. The van der Waals surface area contributed by atoms with Gasteiger partial charge in [0.05, 0.1) is 12.3 Å². The Balaban J connectivity index is 1.76. The van der Waals surface area contributed by atoms with Crippen LogP contribution in [0.2, 0.25) is 0 Å². The van der Waals surface area contributed by atoms with Gasteiger partial charge in [0.25, 0.3) is 0 Å². The molecule has 0 aliphatic rings. The second-order valence-electron chi connectivity index (χ2n) is 5.96. The first-order valence-corrected chi connectivity index (χ1v) is 9.10. The molecule has 140 valence electrons. The molecular weight excluding hydrogens is 340 g/mol. The van der Waals surface area contributed by atoms with Gasteiger partial charge in [-0.05, 0) is 42.3 Å². The highest BCUT2D eigenvalue weighted by Crippen LogP contribution is 2.23. The minimum Gasteiger partial charge on any atom is -0.450 e. The number of nitrogens with zero attached hydrogens (tertiary/aromatic N) is 1. The lowest BCUT2D eigenvalue weighted by atomic mass is 10.0. The zero-order valence-corrected chi connectivity index (χ0v) is 15.6. The maximum atomic E-state index is 11.7. The molecule has 6 heteroatoms. The summed E-state index contributed by atoms with van der Waals surface area (Å²) in [6.45, 7) is 5.41. The molecule has 0 bridgehead atoms. The van der Waals surface area contributed by atoms with E-state index >= 15 is 0 Å². The molecule has 2 aromatic carbocycles. The second kappa shape index (κ2) is 8.89. The Labute approximate surface area is 159 Å². The van der Waals surface area contributed by atoms with Crippen LogP contribution in [0.3, 0.4) is 0 Å². The minimum absolute atomic E-state index is 0.320. The van der Waals surface area contributed by atoms with Gasteiger partial charge >= 0.3 is 6.09 Å². The molecule has 0 aliphatic heterocycles. The van der Waals surface area contributed by atoms with Crippen LogP contribution >= 0.6 is 0 Å². The van der Waals surface area contributed by atoms with Crippen molar-refractivity contribution in [1.82, 2.24) is 4.98 Å². The molecule has 0 saturated heterocycles. The lowest BCUT2D eigenvalue weighted by molar-refractivity contribution is 0.168. The van der Waals surface area contributed by atoms with E-state index in [-0.39, 0.29) is 0 Å². The highest BCUT2D eigenvalue weighted by molar-refractivity contribution is 5.89. The molecule has 3 N–H and O–H groups in total. The third-order valence-electron chi connectivity index (χ3n) is 4.09.